The SMILES string of the molecule is CCCCc1ccc(C(=O)/C=C2/NC(=O)CS2)cc1. The summed E-state index contributed by atoms with van der Waals surface area (Å²) in [6.07, 6.45) is 4.89. The number of carbonyl (C=O) groups excluding carboxylic acids is 2. The van der Waals surface area contributed by atoms with Crippen LogP contribution in [0, 0.1) is 0 Å². The molecule has 1 N–H and O–H groups in total. The molecule has 0 bridgehead atoms. The van der Waals surface area contributed by atoms with Crippen molar-refractivity contribution in [3.8, 4) is 0 Å². The Morgan fingerprint density at radius 1 is 1.37 bits per heavy atom. The molecular formula is C15H17NO2S. The Balaban J connectivity index is 2.01. The number of benzene rings is 1. The number of amides is 1. The predicted molar refractivity (Wildman–Crippen MR) is 78.1 cm³/mol. The standard InChI is InChI=1S/C15H17NO2S/c1-2-3-4-11-5-7-12(8-6-11)13(17)9-15-16-14(18)10-19-15/h5-9H,2-4,10H2,1H3,(H,16,18)/b15-9-. The van der Waals surface area contributed by atoms with Crippen molar-refractivity contribution in [1.29, 1.82) is 0 Å². The third kappa shape index (κ3) is 3.96. The molecule has 2 rings (SSSR count). The monoisotopic (exact) mass is 275 g/mol. The maximum atomic E-state index is 12.0. The normalized spacial score (nSPS) is 16.7. The van der Waals surface area contributed by atoms with Crippen LogP contribution in [0.5, 0.6) is 0 Å². The van der Waals surface area contributed by atoms with Crippen LogP contribution in [0.3, 0.4) is 0 Å². The lowest BCUT2D eigenvalue weighted by molar-refractivity contribution is -0.117. The first-order chi connectivity index (χ1) is 9.19. The molecule has 1 aromatic rings. The Morgan fingerprint density at radius 3 is 2.68 bits per heavy atom. The molecule has 1 amide bonds. The highest BCUT2D eigenvalue weighted by atomic mass is 32.2. The number of thioether (sulfide) groups is 1. The molecule has 1 aliphatic rings. The number of nitrogens with one attached hydrogen (secondary N) is 1. The van der Waals surface area contributed by atoms with Gasteiger partial charge in [-0.05, 0) is 18.4 Å². The van der Waals surface area contributed by atoms with E-state index in [1.807, 2.05) is 24.3 Å². The van der Waals surface area contributed by atoms with Gasteiger partial charge in [-0.2, -0.15) is 0 Å². The summed E-state index contributed by atoms with van der Waals surface area (Å²) in [6.45, 7) is 2.16. The minimum absolute atomic E-state index is 0.0426. The summed E-state index contributed by atoms with van der Waals surface area (Å²) in [5.41, 5.74) is 1.92. The molecule has 19 heavy (non-hydrogen) atoms. The molecule has 0 atom stereocenters. The average Bonchev–Trinajstić information content (AvgIpc) is 2.82. The molecule has 0 radical (unpaired) electrons. The lowest BCUT2D eigenvalue weighted by Crippen LogP contribution is -2.14. The number of hydrogen-bond acceptors (Lipinski definition) is 3. The molecule has 1 fully saturated rings. The number of aryl methyl sites for hydroxylation is 1. The molecule has 1 saturated heterocycles. The van der Waals surface area contributed by atoms with E-state index in [0.29, 0.717) is 16.3 Å². The highest BCUT2D eigenvalue weighted by Gasteiger charge is 2.16. The van der Waals surface area contributed by atoms with Crippen molar-refractivity contribution in [2.45, 2.75) is 26.2 Å². The fourth-order valence-corrected chi connectivity index (χ4v) is 2.58. The summed E-state index contributed by atoms with van der Waals surface area (Å²) >= 11 is 1.37. The zero-order valence-corrected chi connectivity index (χ0v) is 11.8. The van der Waals surface area contributed by atoms with Crippen LogP contribution in [-0.4, -0.2) is 17.4 Å². The Labute approximate surface area is 117 Å². The zero-order chi connectivity index (χ0) is 13.7. The van der Waals surface area contributed by atoms with Crippen LogP contribution >= 0.6 is 11.8 Å². The lowest BCUT2D eigenvalue weighted by Gasteiger charge is -2.02. The average molecular weight is 275 g/mol. The highest BCUT2D eigenvalue weighted by molar-refractivity contribution is 8.04. The Kier molecular flexibility index (Phi) is 4.80. The smallest absolute Gasteiger partial charge is 0.235 e. The van der Waals surface area contributed by atoms with Gasteiger partial charge in [0.25, 0.3) is 0 Å². The second-order valence-electron chi connectivity index (χ2n) is 4.51. The number of allylic oxidation sites excluding steroid dienone is 1. The first-order valence-corrected chi connectivity index (χ1v) is 7.45. The largest absolute Gasteiger partial charge is 0.320 e. The van der Waals surface area contributed by atoms with Crippen molar-refractivity contribution >= 4 is 23.5 Å². The summed E-state index contributed by atoms with van der Waals surface area (Å²) in [7, 11) is 0. The van der Waals surface area contributed by atoms with Crippen LogP contribution in [-0.2, 0) is 11.2 Å². The molecule has 1 aliphatic heterocycles. The fourth-order valence-electron chi connectivity index (χ4n) is 1.85. The van der Waals surface area contributed by atoms with Crippen molar-refractivity contribution < 1.29 is 9.59 Å². The zero-order valence-electron chi connectivity index (χ0n) is 10.9. The van der Waals surface area contributed by atoms with Crippen molar-refractivity contribution in [3.05, 3.63) is 46.5 Å². The summed E-state index contributed by atoms with van der Waals surface area (Å²) in [6, 6.07) is 7.71. The van der Waals surface area contributed by atoms with Gasteiger partial charge >= 0.3 is 0 Å². The summed E-state index contributed by atoms with van der Waals surface area (Å²) in [4.78, 5) is 23.0. The maximum absolute atomic E-state index is 12.0. The van der Waals surface area contributed by atoms with Gasteiger partial charge in [0, 0.05) is 11.6 Å². The van der Waals surface area contributed by atoms with E-state index in [9.17, 15) is 9.59 Å². The third-order valence-electron chi connectivity index (χ3n) is 2.94. The third-order valence-corrected chi connectivity index (χ3v) is 3.88. The van der Waals surface area contributed by atoms with E-state index in [1.165, 1.54) is 36.2 Å². The molecule has 0 aliphatic carbocycles. The number of hydrogen-bond donors (Lipinski definition) is 1. The fraction of sp³-hybridized carbons (Fsp3) is 0.333. The van der Waals surface area contributed by atoms with Gasteiger partial charge in [0.15, 0.2) is 5.78 Å². The van der Waals surface area contributed by atoms with Gasteiger partial charge in [0.05, 0.1) is 10.8 Å². The van der Waals surface area contributed by atoms with Gasteiger partial charge in [-0.3, -0.25) is 9.59 Å². The second-order valence-corrected chi connectivity index (χ2v) is 5.53. The molecule has 100 valence electrons. The summed E-state index contributed by atoms with van der Waals surface area (Å²) in [5.74, 6) is 0.292. The van der Waals surface area contributed by atoms with Crippen LogP contribution in [0.1, 0.15) is 35.7 Å². The van der Waals surface area contributed by atoms with Crippen LogP contribution in [0.2, 0.25) is 0 Å². The molecule has 0 spiro atoms. The van der Waals surface area contributed by atoms with Crippen LogP contribution < -0.4 is 5.32 Å². The Morgan fingerprint density at radius 2 is 2.11 bits per heavy atom. The number of carbonyl (C=O) groups is 2. The van der Waals surface area contributed by atoms with Crippen molar-refractivity contribution in [3.63, 3.8) is 0 Å². The van der Waals surface area contributed by atoms with Crippen LogP contribution in [0.25, 0.3) is 0 Å². The van der Waals surface area contributed by atoms with Gasteiger partial charge in [-0.15, -0.1) is 0 Å². The quantitative estimate of drug-likeness (QED) is 0.664. The van der Waals surface area contributed by atoms with Crippen LogP contribution in [0.4, 0.5) is 0 Å². The molecule has 0 saturated carbocycles. The summed E-state index contributed by atoms with van der Waals surface area (Å²) in [5, 5.41) is 3.30. The van der Waals surface area contributed by atoms with Gasteiger partial charge < -0.3 is 5.32 Å². The van der Waals surface area contributed by atoms with Crippen LogP contribution in [0.15, 0.2) is 35.4 Å². The van der Waals surface area contributed by atoms with Crippen molar-refractivity contribution in [1.82, 2.24) is 5.32 Å². The van der Waals surface area contributed by atoms with E-state index in [-0.39, 0.29) is 11.7 Å². The first-order valence-electron chi connectivity index (χ1n) is 6.46. The molecule has 1 aromatic carbocycles. The second kappa shape index (κ2) is 6.57. The first kappa shape index (κ1) is 13.9. The molecular weight excluding hydrogens is 258 g/mol. The number of ketones is 1. The molecule has 0 unspecified atom stereocenters. The topological polar surface area (TPSA) is 46.2 Å². The van der Waals surface area contributed by atoms with Gasteiger partial charge in [0.1, 0.15) is 0 Å². The van der Waals surface area contributed by atoms with Gasteiger partial charge in [-0.25, -0.2) is 0 Å². The van der Waals surface area contributed by atoms with Gasteiger partial charge in [-0.1, -0.05) is 49.4 Å². The molecule has 3 nitrogen and oxygen atoms in total. The van der Waals surface area contributed by atoms with E-state index >= 15 is 0 Å². The van der Waals surface area contributed by atoms with Gasteiger partial charge in [0.2, 0.25) is 5.91 Å². The minimum Gasteiger partial charge on any atom is -0.320 e. The van der Waals surface area contributed by atoms with Crippen molar-refractivity contribution in [2.24, 2.45) is 0 Å². The predicted octanol–water partition coefficient (Wildman–Crippen LogP) is 2.92. The molecule has 4 heteroatoms. The molecule has 0 aromatic heterocycles. The lowest BCUT2D eigenvalue weighted by atomic mass is 10.0. The number of unbranched alkanes of at least 4 members (excludes halogenated alkanes) is 1. The van der Waals surface area contributed by atoms with E-state index in [1.54, 1.807) is 0 Å². The van der Waals surface area contributed by atoms with E-state index in [0.717, 1.165) is 6.42 Å². The van der Waals surface area contributed by atoms with E-state index in [4.69, 9.17) is 0 Å². The Hall–Kier alpha value is -1.55. The van der Waals surface area contributed by atoms with Crippen molar-refractivity contribution in [2.75, 3.05) is 5.75 Å². The Bertz CT molecular complexity index is 505. The summed E-state index contributed by atoms with van der Waals surface area (Å²) < 4.78 is 0. The maximum Gasteiger partial charge on any atom is 0.235 e. The number of rotatable bonds is 5. The van der Waals surface area contributed by atoms with E-state index < -0.39 is 0 Å². The molecule has 1 heterocycles. The minimum atomic E-state index is -0.0632. The van der Waals surface area contributed by atoms with E-state index in [2.05, 4.69) is 12.2 Å². The highest BCUT2D eigenvalue weighted by Crippen LogP contribution is 2.19.